The molecule has 2 aromatic rings. The molecule has 1 aromatic heterocycles. The van der Waals surface area contributed by atoms with Crippen molar-refractivity contribution in [3.05, 3.63) is 41.7 Å². The summed E-state index contributed by atoms with van der Waals surface area (Å²) in [4.78, 5) is -0.0655. The number of alkyl halides is 4. The fourth-order valence-electron chi connectivity index (χ4n) is 1.49. The predicted octanol–water partition coefficient (Wildman–Crippen LogP) is 3.74. The molecule has 0 spiro atoms. The van der Waals surface area contributed by atoms with E-state index >= 15 is 0 Å². The van der Waals surface area contributed by atoms with Gasteiger partial charge >= 0.3 is 6.18 Å². The van der Waals surface area contributed by atoms with Crippen molar-refractivity contribution in [3.63, 3.8) is 0 Å². The van der Waals surface area contributed by atoms with E-state index in [2.05, 4.69) is 26.2 Å². The normalized spacial score (nSPS) is 13.6. The predicted molar refractivity (Wildman–Crippen MR) is 63.7 cm³/mol. The molecular weight excluding hydrogens is 311 g/mol. The van der Waals surface area contributed by atoms with E-state index in [-0.39, 0.29) is 10.5 Å². The van der Waals surface area contributed by atoms with Crippen LogP contribution in [0.1, 0.15) is 23.0 Å². The zero-order chi connectivity index (χ0) is 13.3. The summed E-state index contributed by atoms with van der Waals surface area (Å²) in [6.45, 7) is 1.82. The van der Waals surface area contributed by atoms with E-state index in [9.17, 15) is 13.2 Å². The average Bonchev–Trinajstić information content (AvgIpc) is 2.77. The van der Waals surface area contributed by atoms with Crippen LogP contribution in [0.2, 0.25) is 0 Å². The van der Waals surface area contributed by atoms with Crippen molar-refractivity contribution in [3.8, 4) is 5.69 Å². The molecule has 0 aliphatic rings. The number of hydrogen-bond acceptors (Lipinski definition) is 2. The van der Waals surface area contributed by atoms with E-state index in [0.717, 1.165) is 10.7 Å². The summed E-state index contributed by atoms with van der Waals surface area (Å²) in [5.74, 6) is 0. The second-order valence-corrected chi connectivity index (χ2v) is 5.09. The lowest BCUT2D eigenvalue weighted by Gasteiger charge is -2.11. The molecular formula is C11H9BrF3N3. The van der Waals surface area contributed by atoms with E-state index in [0.29, 0.717) is 5.69 Å². The highest BCUT2D eigenvalue weighted by atomic mass is 79.9. The second kappa shape index (κ2) is 4.72. The smallest absolute Gasteiger partial charge is 0.220 e. The molecule has 3 nitrogen and oxygen atoms in total. The molecule has 1 atom stereocenters. The van der Waals surface area contributed by atoms with Crippen molar-refractivity contribution in [1.29, 1.82) is 0 Å². The molecule has 0 amide bonds. The summed E-state index contributed by atoms with van der Waals surface area (Å²) in [6.07, 6.45) is -2.94. The van der Waals surface area contributed by atoms with Crippen LogP contribution in [0, 0.1) is 0 Å². The van der Waals surface area contributed by atoms with Crippen molar-refractivity contribution in [1.82, 2.24) is 15.0 Å². The molecule has 1 heterocycles. The molecule has 1 unspecified atom stereocenters. The second-order valence-electron chi connectivity index (χ2n) is 3.72. The van der Waals surface area contributed by atoms with E-state index in [1.54, 1.807) is 0 Å². The monoisotopic (exact) mass is 319 g/mol. The summed E-state index contributed by atoms with van der Waals surface area (Å²) in [7, 11) is 0. The Morgan fingerprint density at radius 1 is 1.28 bits per heavy atom. The van der Waals surface area contributed by atoms with Gasteiger partial charge in [-0.1, -0.05) is 33.3 Å². The minimum Gasteiger partial charge on any atom is -0.220 e. The standard InChI is InChI=1S/C11H9BrF3N3/c1-7(12)9-6-18(17-16-9)10-5-3-2-4-8(10)11(13,14)15/h2-7H,1H3. The number of nitrogens with zero attached hydrogens (tertiary/aromatic N) is 3. The molecule has 7 heteroatoms. The lowest BCUT2D eigenvalue weighted by molar-refractivity contribution is -0.137. The van der Waals surface area contributed by atoms with E-state index in [4.69, 9.17) is 0 Å². The van der Waals surface area contributed by atoms with Crippen molar-refractivity contribution in [2.45, 2.75) is 17.9 Å². The number of rotatable bonds is 2. The number of benzene rings is 1. The Hall–Kier alpha value is -1.37. The molecule has 2 rings (SSSR count). The van der Waals surface area contributed by atoms with Gasteiger partial charge in [0.25, 0.3) is 0 Å². The van der Waals surface area contributed by atoms with Gasteiger partial charge in [0.2, 0.25) is 0 Å². The van der Waals surface area contributed by atoms with Crippen molar-refractivity contribution in [2.24, 2.45) is 0 Å². The van der Waals surface area contributed by atoms with Crippen LogP contribution in [0.4, 0.5) is 13.2 Å². The van der Waals surface area contributed by atoms with Crippen LogP contribution in [0.15, 0.2) is 30.5 Å². The van der Waals surface area contributed by atoms with Gasteiger partial charge in [-0.15, -0.1) is 5.10 Å². The van der Waals surface area contributed by atoms with Crippen molar-refractivity contribution >= 4 is 15.9 Å². The number of para-hydroxylation sites is 1. The Kier molecular flexibility index (Phi) is 3.43. The van der Waals surface area contributed by atoms with Crippen LogP contribution in [-0.4, -0.2) is 15.0 Å². The van der Waals surface area contributed by atoms with Crippen LogP contribution in [0.3, 0.4) is 0 Å². The highest BCUT2D eigenvalue weighted by Gasteiger charge is 2.34. The lowest BCUT2D eigenvalue weighted by Crippen LogP contribution is -2.10. The Balaban J connectivity index is 2.50. The molecule has 0 aliphatic heterocycles. The average molecular weight is 320 g/mol. The van der Waals surface area contributed by atoms with Gasteiger partial charge in [-0.3, -0.25) is 0 Å². The molecule has 0 radical (unpaired) electrons. The number of aromatic nitrogens is 3. The first-order valence-electron chi connectivity index (χ1n) is 5.12. The summed E-state index contributed by atoms with van der Waals surface area (Å²) in [5.41, 5.74) is -0.187. The molecule has 0 saturated heterocycles. The molecule has 0 bridgehead atoms. The van der Waals surface area contributed by atoms with Crippen LogP contribution in [0.5, 0.6) is 0 Å². The Labute approximate surface area is 110 Å². The van der Waals surface area contributed by atoms with Crippen LogP contribution >= 0.6 is 15.9 Å². The fraction of sp³-hybridized carbons (Fsp3) is 0.273. The first-order chi connectivity index (χ1) is 8.39. The van der Waals surface area contributed by atoms with E-state index in [1.165, 1.54) is 24.4 Å². The third-order valence-corrected chi connectivity index (χ3v) is 2.84. The zero-order valence-electron chi connectivity index (χ0n) is 9.32. The maximum absolute atomic E-state index is 12.8. The van der Waals surface area contributed by atoms with Crippen LogP contribution < -0.4 is 0 Å². The summed E-state index contributed by atoms with van der Waals surface area (Å²) >= 11 is 3.29. The van der Waals surface area contributed by atoms with E-state index in [1.807, 2.05) is 6.92 Å². The summed E-state index contributed by atoms with van der Waals surface area (Å²) in [6, 6.07) is 5.26. The van der Waals surface area contributed by atoms with Gasteiger partial charge in [0.1, 0.15) is 0 Å². The maximum atomic E-state index is 12.8. The van der Waals surface area contributed by atoms with Crippen molar-refractivity contribution < 1.29 is 13.2 Å². The molecule has 1 aromatic carbocycles. The number of hydrogen-bond donors (Lipinski definition) is 0. The fourth-order valence-corrected chi connectivity index (χ4v) is 1.70. The molecule has 0 aliphatic carbocycles. The van der Waals surface area contributed by atoms with Crippen LogP contribution in [0.25, 0.3) is 5.69 Å². The molecule has 0 saturated carbocycles. The highest BCUT2D eigenvalue weighted by molar-refractivity contribution is 9.09. The largest absolute Gasteiger partial charge is 0.418 e. The van der Waals surface area contributed by atoms with Crippen LogP contribution in [-0.2, 0) is 6.18 Å². The topological polar surface area (TPSA) is 30.7 Å². The maximum Gasteiger partial charge on any atom is 0.418 e. The SMILES string of the molecule is CC(Br)c1cn(-c2ccccc2C(F)(F)F)nn1. The Morgan fingerprint density at radius 2 is 1.94 bits per heavy atom. The molecule has 18 heavy (non-hydrogen) atoms. The van der Waals surface area contributed by atoms with Gasteiger partial charge in [-0.05, 0) is 19.1 Å². The molecule has 96 valence electrons. The third kappa shape index (κ3) is 2.55. The van der Waals surface area contributed by atoms with Gasteiger partial charge in [0, 0.05) is 0 Å². The minimum atomic E-state index is -4.41. The molecule has 0 fully saturated rings. The van der Waals surface area contributed by atoms with E-state index < -0.39 is 11.7 Å². The summed E-state index contributed by atoms with van der Waals surface area (Å²) < 4.78 is 39.6. The van der Waals surface area contributed by atoms with Gasteiger partial charge in [-0.2, -0.15) is 13.2 Å². The zero-order valence-corrected chi connectivity index (χ0v) is 10.9. The highest BCUT2D eigenvalue weighted by Crippen LogP contribution is 2.33. The Morgan fingerprint density at radius 3 is 2.50 bits per heavy atom. The first kappa shape index (κ1) is 13.1. The Bertz CT molecular complexity index is 548. The third-order valence-electron chi connectivity index (χ3n) is 2.37. The number of halogens is 4. The first-order valence-corrected chi connectivity index (χ1v) is 6.04. The lowest BCUT2D eigenvalue weighted by atomic mass is 10.1. The quantitative estimate of drug-likeness (QED) is 0.789. The summed E-state index contributed by atoms with van der Waals surface area (Å²) in [5, 5.41) is 7.53. The molecule has 0 N–H and O–H groups in total. The van der Waals surface area contributed by atoms with Gasteiger partial charge in [0.15, 0.2) is 0 Å². The van der Waals surface area contributed by atoms with Crippen molar-refractivity contribution in [2.75, 3.05) is 0 Å². The van der Waals surface area contributed by atoms with Gasteiger partial charge in [0.05, 0.1) is 28.0 Å². The van der Waals surface area contributed by atoms with Gasteiger partial charge in [-0.25, -0.2) is 4.68 Å². The van der Waals surface area contributed by atoms with Gasteiger partial charge < -0.3 is 0 Å². The minimum absolute atomic E-state index is 0.0306.